The van der Waals surface area contributed by atoms with Gasteiger partial charge >= 0.3 is 11.9 Å². The SMILES string of the molecule is CC(=O)O[C@H]1C[C@@]2(C)[C@@H](CC[C@]2(OC(C)=O)C(=O)CO)[C@@H]2CCC3=CC(=O)C=C[C@]3(C)[C@H]21. The lowest BCUT2D eigenvalue weighted by Crippen LogP contribution is -2.63. The Morgan fingerprint density at radius 1 is 1.16 bits per heavy atom. The fourth-order valence-electron chi connectivity index (χ4n) is 7.66. The Labute approximate surface area is 188 Å². The third kappa shape index (κ3) is 3.11. The van der Waals surface area contributed by atoms with Crippen LogP contribution >= 0.6 is 0 Å². The van der Waals surface area contributed by atoms with E-state index < -0.39 is 46.9 Å². The molecular formula is C25H32O7. The Morgan fingerprint density at radius 3 is 2.50 bits per heavy atom. The van der Waals surface area contributed by atoms with E-state index in [2.05, 4.69) is 6.92 Å². The van der Waals surface area contributed by atoms with Crippen LogP contribution in [0.4, 0.5) is 0 Å². The predicted octanol–water partition coefficient (Wildman–Crippen LogP) is 2.70. The second-order valence-electron chi connectivity index (χ2n) is 10.3. The molecule has 0 aromatic rings. The number of ketones is 2. The van der Waals surface area contributed by atoms with E-state index in [9.17, 15) is 24.3 Å². The molecule has 0 amide bonds. The molecule has 0 radical (unpaired) electrons. The number of fused-ring (bicyclic) bond motifs is 5. The predicted molar refractivity (Wildman–Crippen MR) is 114 cm³/mol. The third-order valence-corrected chi connectivity index (χ3v) is 8.82. The molecule has 0 unspecified atom stereocenters. The Hall–Kier alpha value is -2.28. The minimum Gasteiger partial charge on any atom is -0.462 e. The lowest BCUT2D eigenvalue weighted by molar-refractivity contribution is -0.204. The summed E-state index contributed by atoms with van der Waals surface area (Å²) in [5.74, 6) is -1.37. The summed E-state index contributed by atoms with van der Waals surface area (Å²) in [5.41, 5.74) is -1.57. The number of Topliss-reactive ketones (excluding diaryl/α,β-unsaturated/α-hetero) is 1. The fourth-order valence-corrected chi connectivity index (χ4v) is 7.66. The largest absolute Gasteiger partial charge is 0.462 e. The monoisotopic (exact) mass is 444 g/mol. The molecule has 0 aromatic carbocycles. The molecule has 0 aliphatic heterocycles. The van der Waals surface area contributed by atoms with Crippen molar-refractivity contribution < 1.29 is 33.8 Å². The second kappa shape index (κ2) is 7.65. The van der Waals surface area contributed by atoms with E-state index in [1.54, 1.807) is 12.2 Å². The topological polar surface area (TPSA) is 107 Å². The summed E-state index contributed by atoms with van der Waals surface area (Å²) in [6.07, 6.45) is 7.68. The molecule has 0 spiro atoms. The molecule has 4 aliphatic carbocycles. The van der Waals surface area contributed by atoms with E-state index >= 15 is 0 Å². The molecule has 0 bridgehead atoms. The van der Waals surface area contributed by atoms with Gasteiger partial charge in [-0.15, -0.1) is 0 Å². The summed E-state index contributed by atoms with van der Waals surface area (Å²) in [6, 6.07) is 0. The maximum atomic E-state index is 13.1. The molecule has 174 valence electrons. The summed E-state index contributed by atoms with van der Waals surface area (Å²) >= 11 is 0. The Kier molecular flexibility index (Phi) is 5.47. The van der Waals surface area contributed by atoms with Gasteiger partial charge in [0.25, 0.3) is 0 Å². The van der Waals surface area contributed by atoms with Crippen molar-refractivity contribution in [2.75, 3.05) is 6.61 Å². The van der Waals surface area contributed by atoms with Crippen LogP contribution < -0.4 is 0 Å². The van der Waals surface area contributed by atoms with Crippen molar-refractivity contribution in [3.8, 4) is 0 Å². The van der Waals surface area contributed by atoms with Gasteiger partial charge in [0.2, 0.25) is 5.78 Å². The zero-order chi connectivity index (χ0) is 23.5. The highest BCUT2D eigenvalue weighted by molar-refractivity contribution is 6.01. The zero-order valence-corrected chi connectivity index (χ0v) is 19.2. The number of hydrogen-bond donors (Lipinski definition) is 1. The molecule has 0 aromatic heterocycles. The standard InChI is InChI=1S/C25H32O7/c1-14(27)31-20-12-24(4)19(8-10-25(24,21(30)13-26)32-15(2)28)18-6-5-16-11-17(29)7-9-23(16,3)22(18)20/h7,9,11,18-20,22,26H,5-6,8,10,12-13H2,1-4H3/t18-,19-,20-,22+,23-,24-,25-/m0/s1. The van der Waals surface area contributed by atoms with Gasteiger partial charge in [-0.3, -0.25) is 19.2 Å². The van der Waals surface area contributed by atoms with E-state index in [0.717, 1.165) is 18.4 Å². The van der Waals surface area contributed by atoms with Crippen molar-refractivity contribution >= 4 is 23.5 Å². The maximum Gasteiger partial charge on any atom is 0.303 e. The summed E-state index contributed by atoms with van der Waals surface area (Å²) in [4.78, 5) is 49.3. The van der Waals surface area contributed by atoms with Crippen LogP contribution in [-0.2, 0) is 28.7 Å². The number of carbonyl (C=O) groups is 4. The minimum atomic E-state index is -1.43. The molecule has 3 saturated carbocycles. The van der Waals surface area contributed by atoms with Crippen molar-refractivity contribution in [1.82, 2.24) is 0 Å². The van der Waals surface area contributed by atoms with Crippen molar-refractivity contribution in [3.63, 3.8) is 0 Å². The Balaban J connectivity index is 1.83. The summed E-state index contributed by atoms with van der Waals surface area (Å²) < 4.78 is 11.6. The summed E-state index contributed by atoms with van der Waals surface area (Å²) in [7, 11) is 0. The van der Waals surface area contributed by atoms with Crippen LogP contribution in [0.3, 0.4) is 0 Å². The Bertz CT molecular complexity index is 933. The number of ether oxygens (including phenoxy) is 2. The molecule has 0 heterocycles. The number of esters is 2. The fraction of sp³-hybridized carbons (Fsp3) is 0.680. The first kappa shape index (κ1) is 22.9. The van der Waals surface area contributed by atoms with Gasteiger partial charge in [0.1, 0.15) is 12.7 Å². The molecular weight excluding hydrogens is 412 g/mol. The van der Waals surface area contributed by atoms with Crippen LogP contribution in [0, 0.1) is 28.6 Å². The van der Waals surface area contributed by atoms with Crippen molar-refractivity contribution in [1.29, 1.82) is 0 Å². The second-order valence-corrected chi connectivity index (χ2v) is 10.3. The van der Waals surface area contributed by atoms with Gasteiger partial charge in [-0.1, -0.05) is 25.5 Å². The van der Waals surface area contributed by atoms with Crippen LogP contribution in [0.5, 0.6) is 0 Å². The smallest absolute Gasteiger partial charge is 0.303 e. The summed E-state index contributed by atoms with van der Waals surface area (Å²) in [6.45, 7) is 5.99. The van der Waals surface area contributed by atoms with Gasteiger partial charge in [0, 0.05) is 30.6 Å². The molecule has 7 heteroatoms. The van der Waals surface area contributed by atoms with E-state index in [-0.39, 0.29) is 23.5 Å². The van der Waals surface area contributed by atoms with E-state index in [4.69, 9.17) is 9.47 Å². The highest BCUT2D eigenvalue weighted by Gasteiger charge is 2.70. The molecule has 1 N–H and O–H groups in total. The lowest BCUT2D eigenvalue weighted by atomic mass is 9.46. The van der Waals surface area contributed by atoms with Gasteiger partial charge in [0.05, 0.1) is 0 Å². The van der Waals surface area contributed by atoms with Crippen molar-refractivity contribution in [3.05, 3.63) is 23.8 Å². The van der Waals surface area contributed by atoms with Gasteiger partial charge in [-0.25, -0.2) is 0 Å². The minimum absolute atomic E-state index is 0.0242. The Morgan fingerprint density at radius 2 is 1.88 bits per heavy atom. The lowest BCUT2D eigenvalue weighted by Gasteiger charge is -2.60. The first-order chi connectivity index (χ1) is 15.0. The number of allylic oxidation sites excluding steroid dienone is 4. The molecule has 7 atom stereocenters. The van der Waals surface area contributed by atoms with Crippen LogP contribution in [0.2, 0.25) is 0 Å². The van der Waals surface area contributed by atoms with Gasteiger partial charge in [0.15, 0.2) is 11.4 Å². The third-order valence-electron chi connectivity index (χ3n) is 8.82. The average molecular weight is 445 g/mol. The molecule has 3 fully saturated rings. The van der Waals surface area contributed by atoms with Gasteiger partial charge < -0.3 is 14.6 Å². The van der Waals surface area contributed by atoms with E-state index in [1.165, 1.54) is 13.8 Å². The normalized spacial score (nSPS) is 42.3. The van der Waals surface area contributed by atoms with Crippen molar-refractivity contribution in [2.45, 2.75) is 71.5 Å². The first-order valence-corrected chi connectivity index (χ1v) is 11.4. The van der Waals surface area contributed by atoms with Crippen LogP contribution in [-0.4, -0.2) is 46.9 Å². The number of aliphatic hydroxyl groups is 1. The molecule has 4 rings (SSSR count). The van der Waals surface area contributed by atoms with Crippen LogP contribution in [0.15, 0.2) is 23.8 Å². The zero-order valence-electron chi connectivity index (χ0n) is 19.2. The molecule has 32 heavy (non-hydrogen) atoms. The molecule has 0 saturated heterocycles. The molecule has 4 aliphatic rings. The number of aliphatic hydroxyl groups excluding tert-OH is 1. The van der Waals surface area contributed by atoms with Crippen LogP contribution in [0.25, 0.3) is 0 Å². The van der Waals surface area contributed by atoms with E-state index in [1.807, 2.05) is 13.0 Å². The number of carbonyl (C=O) groups excluding carboxylic acids is 4. The number of rotatable bonds is 4. The highest BCUT2D eigenvalue weighted by Crippen LogP contribution is 2.68. The molecule has 7 nitrogen and oxygen atoms in total. The number of hydrogen-bond acceptors (Lipinski definition) is 7. The van der Waals surface area contributed by atoms with Crippen molar-refractivity contribution in [2.24, 2.45) is 28.6 Å². The van der Waals surface area contributed by atoms with Crippen LogP contribution in [0.1, 0.15) is 59.8 Å². The van der Waals surface area contributed by atoms with E-state index in [0.29, 0.717) is 19.3 Å². The summed E-state index contributed by atoms with van der Waals surface area (Å²) in [5, 5.41) is 9.77. The van der Waals surface area contributed by atoms with Gasteiger partial charge in [-0.05, 0) is 56.1 Å². The highest BCUT2D eigenvalue weighted by atomic mass is 16.6. The maximum absolute atomic E-state index is 13.1. The average Bonchev–Trinajstić information content (AvgIpc) is 2.99. The quantitative estimate of drug-likeness (QED) is 0.664. The first-order valence-electron chi connectivity index (χ1n) is 11.4. The van der Waals surface area contributed by atoms with Gasteiger partial charge in [-0.2, -0.15) is 0 Å².